The molecule has 0 unspecified atom stereocenters. The number of halogens is 1. The lowest BCUT2D eigenvalue weighted by atomic mass is 9.85. The Kier molecular flexibility index (Phi) is 3.84. The van der Waals surface area contributed by atoms with Crippen LogP contribution in [0, 0.1) is 6.92 Å². The molecular weight excluding hydrogens is 376 g/mol. The van der Waals surface area contributed by atoms with Crippen LogP contribution in [-0.4, -0.2) is 30.9 Å². The highest BCUT2D eigenvalue weighted by Crippen LogP contribution is 2.40. The summed E-state index contributed by atoms with van der Waals surface area (Å²) in [5.41, 5.74) is 3.81. The normalized spacial score (nSPS) is 16.1. The van der Waals surface area contributed by atoms with E-state index in [1.54, 1.807) is 23.0 Å². The number of nitrogens with one attached hydrogen (secondary N) is 1. The number of rotatable bonds is 2. The Balaban J connectivity index is 1.66. The van der Waals surface area contributed by atoms with Gasteiger partial charge >= 0.3 is 0 Å². The predicted molar refractivity (Wildman–Crippen MR) is 106 cm³/mol. The van der Waals surface area contributed by atoms with Crippen molar-refractivity contribution in [2.45, 2.75) is 19.3 Å². The topological polar surface area (TPSA) is 85.6 Å². The van der Waals surface area contributed by atoms with Gasteiger partial charge in [0.25, 0.3) is 0 Å². The SMILES string of the molecule is Cc1nn(-c2ccc(Cl)nn2)c2c1[C@H](c1ccc3ncccc3c1)CC(=O)N2. The highest BCUT2D eigenvalue weighted by atomic mass is 35.5. The molecule has 1 aliphatic rings. The first-order valence-electron chi connectivity index (χ1n) is 8.84. The molecule has 1 amide bonds. The number of nitrogens with zero attached hydrogens (tertiary/aromatic N) is 5. The number of aromatic nitrogens is 5. The van der Waals surface area contributed by atoms with Gasteiger partial charge in [-0.2, -0.15) is 9.78 Å². The van der Waals surface area contributed by atoms with Gasteiger partial charge in [0.05, 0.1) is 11.2 Å². The van der Waals surface area contributed by atoms with E-state index in [2.05, 4.69) is 31.7 Å². The summed E-state index contributed by atoms with van der Waals surface area (Å²) < 4.78 is 1.61. The van der Waals surface area contributed by atoms with E-state index in [4.69, 9.17) is 11.6 Å². The number of carbonyl (C=O) groups is 1. The standard InChI is InChI=1S/C20H15ClN6O/c1-11-19-14(12-4-5-15-13(9-12)3-2-8-22-15)10-18(28)23-20(19)27(26-11)17-7-6-16(21)24-25-17/h2-9,14H,10H2,1H3,(H,23,28)/t14-/m0/s1. The van der Waals surface area contributed by atoms with Gasteiger partial charge < -0.3 is 5.32 Å². The molecule has 0 bridgehead atoms. The molecule has 7 nitrogen and oxygen atoms in total. The van der Waals surface area contributed by atoms with Crippen LogP contribution < -0.4 is 5.32 Å². The summed E-state index contributed by atoms with van der Waals surface area (Å²) in [4.78, 5) is 16.9. The van der Waals surface area contributed by atoms with Crippen molar-refractivity contribution in [3.8, 4) is 5.82 Å². The minimum atomic E-state index is -0.0950. The molecule has 3 aromatic heterocycles. The molecule has 1 aromatic carbocycles. The molecule has 28 heavy (non-hydrogen) atoms. The second kappa shape index (κ2) is 6.38. The summed E-state index contributed by atoms with van der Waals surface area (Å²) in [6.07, 6.45) is 2.13. The fourth-order valence-corrected chi connectivity index (χ4v) is 3.83. The molecule has 8 heteroatoms. The Hall–Kier alpha value is -3.32. The highest BCUT2D eigenvalue weighted by molar-refractivity contribution is 6.29. The predicted octanol–water partition coefficient (Wildman–Crippen LogP) is 3.65. The van der Waals surface area contributed by atoms with Gasteiger partial charge in [0.1, 0.15) is 5.82 Å². The lowest BCUT2D eigenvalue weighted by molar-refractivity contribution is -0.116. The van der Waals surface area contributed by atoms with Gasteiger partial charge in [-0.1, -0.05) is 23.7 Å². The van der Waals surface area contributed by atoms with E-state index >= 15 is 0 Å². The minimum Gasteiger partial charge on any atom is -0.310 e. The van der Waals surface area contributed by atoms with E-state index in [1.807, 2.05) is 31.2 Å². The van der Waals surface area contributed by atoms with E-state index in [1.165, 1.54) is 0 Å². The van der Waals surface area contributed by atoms with E-state index in [9.17, 15) is 4.79 Å². The summed E-state index contributed by atoms with van der Waals surface area (Å²) in [6, 6.07) is 13.4. The first-order valence-corrected chi connectivity index (χ1v) is 9.21. The van der Waals surface area contributed by atoms with Gasteiger partial charge in [-0.3, -0.25) is 9.78 Å². The molecule has 1 N–H and O–H groups in total. The molecule has 1 atom stereocenters. The van der Waals surface area contributed by atoms with Crippen molar-refractivity contribution < 1.29 is 4.79 Å². The Morgan fingerprint density at radius 2 is 2.07 bits per heavy atom. The van der Waals surface area contributed by atoms with Gasteiger partial charge in [0, 0.05) is 29.5 Å². The monoisotopic (exact) mass is 390 g/mol. The summed E-state index contributed by atoms with van der Waals surface area (Å²) in [7, 11) is 0. The van der Waals surface area contributed by atoms with Crippen LogP contribution in [-0.2, 0) is 4.79 Å². The smallest absolute Gasteiger partial charge is 0.226 e. The molecule has 138 valence electrons. The maximum absolute atomic E-state index is 12.5. The Labute approximate surface area is 165 Å². The fraction of sp³-hybridized carbons (Fsp3) is 0.150. The molecule has 4 aromatic rings. The molecule has 0 saturated heterocycles. The molecule has 0 spiro atoms. The van der Waals surface area contributed by atoms with Gasteiger partial charge in [0.2, 0.25) is 5.91 Å². The van der Waals surface area contributed by atoms with Gasteiger partial charge in [-0.25, -0.2) is 0 Å². The third kappa shape index (κ3) is 2.71. The maximum Gasteiger partial charge on any atom is 0.226 e. The van der Waals surface area contributed by atoms with Crippen LogP contribution in [0.4, 0.5) is 5.82 Å². The van der Waals surface area contributed by atoms with E-state index in [0.717, 1.165) is 27.7 Å². The van der Waals surface area contributed by atoms with Crippen LogP contribution >= 0.6 is 11.6 Å². The second-order valence-electron chi connectivity index (χ2n) is 6.73. The molecule has 0 aliphatic carbocycles. The van der Waals surface area contributed by atoms with Crippen LogP contribution in [0.3, 0.4) is 0 Å². The largest absolute Gasteiger partial charge is 0.310 e. The number of hydrogen-bond acceptors (Lipinski definition) is 5. The summed E-state index contributed by atoms with van der Waals surface area (Å²) in [6.45, 7) is 1.94. The van der Waals surface area contributed by atoms with Crippen LogP contribution in [0.2, 0.25) is 5.15 Å². The lowest BCUT2D eigenvalue weighted by Crippen LogP contribution is -2.25. The number of benzene rings is 1. The number of anilines is 1. The van der Waals surface area contributed by atoms with Crippen molar-refractivity contribution in [3.05, 3.63) is 70.6 Å². The van der Waals surface area contributed by atoms with Crippen molar-refractivity contribution in [2.24, 2.45) is 0 Å². The first kappa shape index (κ1) is 16.8. The Morgan fingerprint density at radius 1 is 1.18 bits per heavy atom. The Bertz CT molecular complexity index is 1220. The number of carbonyl (C=O) groups excluding carboxylic acids is 1. The summed E-state index contributed by atoms with van der Waals surface area (Å²) >= 11 is 5.84. The molecule has 4 heterocycles. The number of amides is 1. The van der Waals surface area contributed by atoms with Gasteiger partial charge in [-0.15, -0.1) is 10.2 Å². The van der Waals surface area contributed by atoms with Crippen molar-refractivity contribution in [1.29, 1.82) is 0 Å². The van der Waals surface area contributed by atoms with Crippen LogP contribution in [0.25, 0.3) is 16.7 Å². The van der Waals surface area contributed by atoms with Gasteiger partial charge in [-0.05, 0) is 42.8 Å². The quantitative estimate of drug-likeness (QED) is 0.564. The number of hydrogen-bond donors (Lipinski definition) is 1. The molecule has 5 rings (SSSR count). The number of fused-ring (bicyclic) bond motifs is 2. The second-order valence-corrected chi connectivity index (χ2v) is 7.12. The van der Waals surface area contributed by atoms with Crippen molar-refractivity contribution >= 4 is 34.2 Å². The fourth-order valence-electron chi connectivity index (χ4n) is 3.73. The van der Waals surface area contributed by atoms with E-state index in [0.29, 0.717) is 23.2 Å². The third-order valence-corrected chi connectivity index (χ3v) is 5.17. The average Bonchev–Trinajstić information content (AvgIpc) is 3.04. The first-order chi connectivity index (χ1) is 13.6. The highest BCUT2D eigenvalue weighted by Gasteiger charge is 2.33. The molecule has 0 fully saturated rings. The average molecular weight is 391 g/mol. The maximum atomic E-state index is 12.5. The zero-order valence-corrected chi connectivity index (χ0v) is 15.7. The van der Waals surface area contributed by atoms with E-state index < -0.39 is 0 Å². The third-order valence-electron chi connectivity index (χ3n) is 4.97. The van der Waals surface area contributed by atoms with E-state index in [-0.39, 0.29) is 11.8 Å². The van der Waals surface area contributed by atoms with Crippen molar-refractivity contribution in [1.82, 2.24) is 25.0 Å². The number of aryl methyl sites for hydroxylation is 1. The summed E-state index contributed by atoms with van der Waals surface area (Å²) in [5.74, 6) is 0.966. The molecular formula is C20H15ClN6O. The number of pyridine rings is 1. The van der Waals surface area contributed by atoms with Crippen molar-refractivity contribution in [2.75, 3.05) is 5.32 Å². The van der Waals surface area contributed by atoms with Crippen LogP contribution in [0.5, 0.6) is 0 Å². The van der Waals surface area contributed by atoms with Gasteiger partial charge in [0.15, 0.2) is 11.0 Å². The Morgan fingerprint density at radius 3 is 2.89 bits per heavy atom. The lowest BCUT2D eigenvalue weighted by Gasteiger charge is -2.24. The minimum absolute atomic E-state index is 0.0631. The molecule has 1 aliphatic heterocycles. The molecule has 0 saturated carbocycles. The zero-order chi connectivity index (χ0) is 19.3. The zero-order valence-electron chi connectivity index (χ0n) is 14.9. The summed E-state index contributed by atoms with van der Waals surface area (Å²) in [5, 5.41) is 16.9. The van der Waals surface area contributed by atoms with Crippen LogP contribution in [0.1, 0.15) is 29.2 Å². The molecule has 0 radical (unpaired) electrons. The van der Waals surface area contributed by atoms with Crippen LogP contribution in [0.15, 0.2) is 48.7 Å². The van der Waals surface area contributed by atoms with Crippen molar-refractivity contribution in [3.63, 3.8) is 0 Å².